The summed E-state index contributed by atoms with van der Waals surface area (Å²) < 4.78 is 25.7. The number of allylic oxidation sites excluding steroid dienone is 2. The van der Waals surface area contributed by atoms with Gasteiger partial charge in [-0.05, 0) is 36.5 Å². The maximum Gasteiger partial charge on any atom is 0.188 e. The van der Waals surface area contributed by atoms with Crippen LogP contribution < -0.4 is 0 Å². The van der Waals surface area contributed by atoms with E-state index in [1.807, 2.05) is 13.0 Å². The van der Waals surface area contributed by atoms with Crippen molar-refractivity contribution in [3.8, 4) is 0 Å². The number of rotatable bonds is 4. The predicted molar refractivity (Wildman–Crippen MR) is 81.1 cm³/mol. The molecule has 2 aliphatic rings. The maximum atomic E-state index is 13.3. The van der Waals surface area contributed by atoms with E-state index in [0.29, 0.717) is 11.3 Å². The van der Waals surface area contributed by atoms with E-state index in [1.165, 1.54) is 0 Å². The Morgan fingerprint density at radius 1 is 1.25 bits per heavy atom. The Labute approximate surface area is 121 Å². The minimum atomic E-state index is -3.39. The van der Waals surface area contributed by atoms with E-state index in [9.17, 15) is 8.42 Å². The number of benzene rings is 1. The fourth-order valence-electron chi connectivity index (χ4n) is 3.89. The summed E-state index contributed by atoms with van der Waals surface area (Å²) in [5.41, 5.74) is 0.899. The molecular formula is C17H20O2S. The normalized spacial score (nSPS) is 31.9. The fourth-order valence-corrected chi connectivity index (χ4v) is 6.37. The van der Waals surface area contributed by atoms with Crippen LogP contribution in [0.25, 0.3) is 0 Å². The van der Waals surface area contributed by atoms with Gasteiger partial charge < -0.3 is 0 Å². The van der Waals surface area contributed by atoms with Crippen LogP contribution in [0.2, 0.25) is 0 Å². The Kier molecular flexibility index (Phi) is 3.13. The zero-order chi connectivity index (χ0) is 14.4. The second-order valence-corrected chi connectivity index (χ2v) is 8.02. The highest BCUT2D eigenvalue weighted by atomic mass is 32.2. The van der Waals surface area contributed by atoms with Gasteiger partial charge in [0.05, 0.1) is 4.90 Å². The molecule has 2 aliphatic carbocycles. The van der Waals surface area contributed by atoms with Gasteiger partial charge in [0.2, 0.25) is 0 Å². The van der Waals surface area contributed by atoms with E-state index in [2.05, 4.69) is 18.7 Å². The zero-order valence-corrected chi connectivity index (χ0v) is 12.6. The standard InChI is InChI=1S/C17H20O2S/c1-3-11-17(13(2)14-9-10-15(17)12-14)20(18,19)16-7-5-4-6-8-16/h4-10,14-15H,2-3,11-12H2,1H3/t14-,15+,17-/m1/s1. The summed E-state index contributed by atoms with van der Waals surface area (Å²) in [5.74, 6) is 0.329. The first-order valence-electron chi connectivity index (χ1n) is 7.21. The molecule has 0 aromatic heterocycles. The molecule has 0 spiro atoms. The summed E-state index contributed by atoms with van der Waals surface area (Å²) in [6.45, 7) is 6.22. The second-order valence-electron chi connectivity index (χ2n) is 5.81. The maximum absolute atomic E-state index is 13.3. The minimum Gasteiger partial charge on any atom is -0.223 e. The average molecular weight is 288 g/mol. The number of sulfone groups is 1. The number of fused-ring (bicyclic) bond motifs is 2. The third-order valence-electron chi connectivity index (χ3n) is 4.83. The van der Waals surface area contributed by atoms with Gasteiger partial charge in [-0.3, -0.25) is 0 Å². The van der Waals surface area contributed by atoms with Crippen molar-refractivity contribution in [1.29, 1.82) is 0 Å². The molecule has 3 rings (SSSR count). The summed E-state index contributed by atoms with van der Waals surface area (Å²) in [7, 11) is -3.39. The smallest absolute Gasteiger partial charge is 0.188 e. The molecule has 20 heavy (non-hydrogen) atoms. The van der Waals surface area contributed by atoms with Gasteiger partial charge in [-0.1, -0.05) is 50.3 Å². The molecule has 3 heteroatoms. The van der Waals surface area contributed by atoms with Crippen LogP contribution in [-0.2, 0) is 9.84 Å². The van der Waals surface area contributed by atoms with Gasteiger partial charge in [0.1, 0.15) is 4.75 Å². The average Bonchev–Trinajstić information content (AvgIpc) is 3.03. The summed E-state index contributed by atoms with van der Waals surface area (Å²) >= 11 is 0. The lowest BCUT2D eigenvalue weighted by molar-refractivity contribution is 0.465. The Hall–Kier alpha value is -1.35. The Morgan fingerprint density at radius 3 is 2.50 bits per heavy atom. The largest absolute Gasteiger partial charge is 0.223 e. The summed E-state index contributed by atoms with van der Waals surface area (Å²) in [6, 6.07) is 8.84. The SMILES string of the molecule is C=C1[C@@H]2C=C[C@@H](C2)[C@]1(CCC)S(=O)(=O)c1ccccc1. The minimum absolute atomic E-state index is 0.0881. The molecule has 0 radical (unpaired) electrons. The second kappa shape index (κ2) is 4.59. The molecule has 2 bridgehead atoms. The number of hydrogen-bond acceptors (Lipinski definition) is 2. The lowest BCUT2D eigenvalue weighted by Gasteiger charge is -2.36. The highest BCUT2D eigenvalue weighted by molar-refractivity contribution is 7.93. The molecule has 2 nitrogen and oxygen atoms in total. The third kappa shape index (κ3) is 1.59. The highest BCUT2D eigenvalue weighted by Gasteiger charge is 2.58. The molecule has 0 aliphatic heterocycles. The quantitative estimate of drug-likeness (QED) is 0.791. The Morgan fingerprint density at radius 2 is 1.95 bits per heavy atom. The molecule has 0 heterocycles. The van der Waals surface area contributed by atoms with Crippen LogP contribution in [0.15, 0.2) is 59.5 Å². The first-order valence-corrected chi connectivity index (χ1v) is 8.69. The lowest BCUT2D eigenvalue weighted by Crippen LogP contribution is -2.44. The molecule has 0 amide bonds. The van der Waals surface area contributed by atoms with Crippen molar-refractivity contribution < 1.29 is 8.42 Å². The van der Waals surface area contributed by atoms with Crippen LogP contribution in [-0.4, -0.2) is 13.2 Å². The van der Waals surface area contributed by atoms with Gasteiger partial charge in [-0.15, -0.1) is 0 Å². The van der Waals surface area contributed by atoms with E-state index < -0.39 is 14.6 Å². The van der Waals surface area contributed by atoms with Crippen molar-refractivity contribution in [2.24, 2.45) is 11.8 Å². The monoisotopic (exact) mass is 288 g/mol. The topological polar surface area (TPSA) is 34.1 Å². The molecule has 0 unspecified atom stereocenters. The van der Waals surface area contributed by atoms with Crippen LogP contribution in [0, 0.1) is 11.8 Å². The molecule has 1 fully saturated rings. The molecule has 1 aromatic rings. The van der Waals surface area contributed by atoms with E-state index in [1.54, 1.807) is 24.3 Å². The first kappa shape index (κ1) is 13.6. The van der Waals surface area contributed by atoms with E-state index in [4.69, 9.17) is 0 Å². The predicted octanol–water partition coefficient (Wildman–Crippen LogP) is 3.76. The molecule has 3 atom stereocenters. The number of hydrogen-bond donors (Lipinski definition) is 0. The van der Waals surface area contributed by atoms with Crippen LogP contribution in [0.1, 0.15) is 26.2 Å². The van der Waals surface area contributed by atoms with Crippen LogP contribution >= 0.6 is 0 Å². The van der Waals surface area contributed by atoms with Gasteiger partial charge in [0.15, 0.2) is 9.84 Å². The lowest BCUT2D eigenvalue weighted by atomic mass is 9.85. The summed E-state index contributed by atoms with van der Waals surface area (Å²) in [4.78, 5) is 0.426. The summed E-state index contributed by atoms with van der Waals surface area (Å²) in [6.07, 6.45) is 6.64. The van der Waals surface area contributed by atoms with Crippen molar-refractivity contribution in [3.63, 3.8) is 0 Å². The van der Waals surface area contributed by atoms with Crippen molar-refractivity contribution >= 4 is 9.84 Å². The van der Waals surface area contributed by atoms with Crippen molar-refractivity contribution in [2.75, 3.05) is 0 Å². The Bertz CT molecular complexity index is 657. The molecule has 0 N–H and O–H groups in total. The molecule has 1 saturated carbocycles. The third-order valence-corrected chi connectivity index (χ3v) is 7.45. The van der Waals surface area contributed by atoms with Crippen LogP contribution in [0.5, 0.6) is 0 Å². The van der Waals surface area contributed by atoms with Crippen molar-refractivity contribution in [2.45, 2.75) is 35.8 Å². The first-order chi connectivity index (χ1) is 9.54. The molecule has 0 saturated heterocycles. The van der Waals surface area contributed by atoms with Crippen LogP contribution in [0.3, 0.4) is 0 Å². The molecule has 1 aromatic carbocycles. The van der Waals surface area contributed by atoms with Gasteiger partial charge in [0.25, 0.3) is 0 Å². The van der Waals surface area contributed by atoms with E-state index >= 15 is 0 Å². The van der Waals surface area contributed by atoms with Gasteiger partial charge in [-0.25, -0.2) is 8.42 Å². The van der Waals surface area contributed by atoms with Crippen LogP contribution in [0.4, 0.5) is 0 Å². The fraction of sp³-hybridized carbons (Fsp3) is 0.412. The molecule has 106 valence electrons. The highest BCUT2D eigenvalue weighted by Crippen LogP contribution is 2.57. The van der Waals surface area contributed by atoms with Gasteiger partial charge in [0, 0.05) is 5.92 Å². The van der Waals surface area contributed by atoms with E-state index in [0.717, 1.165) is 18.4 Å². The summed E-state index contributed by atoms with van der Waals surface area (Å²) in [5, 5.41) is 0. The zero-order valence-electron chi connectivity index (χ0n) is 11.7. The van der Waals surface area contributed by atoms with Gasteiger partial charge >= 0.3 is 0 Å². The van der Waals surface area contributed by atoms with Crippen molar-refractivity contribution in [3.05, 3.63) is 54.6 Å². The van der Waals surface area contributed by atoms with Crippen molar-refractivity contribution in [1.82, 2.24) is 0 Å². The molecular weight excluding hydrogens is 268 g/mol. The van der Waals surface area contributed by atoms with E-state index in [-0.39, 0.29) is 11.8 Å². The van der Waals surface area contributed by atoms with Gasteiger partial charge in [-0.2, -0.15) is 0 Å². The Balaban J connectivity index is 2.18.